The lowest BCUT2D eigenvalue weighted by atomic mass is 10.1. The fraction of sp³-hybridized carbons (Fsp3) is 0.500. The minimum atomic E-state index is -0.151. The predicted octanol–water partition coefficient (Wildman–Crippen LogP) is 2.40. The van der Waals surface area contributed by atoms with Crippen molar-refractivity contribution in [2.45, 2.75) is 26.2 Å². The molecule has 0 spiro atoms. The third kappa shape index (κ3) is 3.07. The Bertz CT molecular complexity index is 464. The average Bonchev–Trinajstić information content (AvgIpc) is 2.70. The van der Waals surface area contributed by atoms with Gasteiger partial charge in [0.05, 0.1) is 11.1 Å². The summed E-state index contributed by atoms with van der Waals surface area (Å²) in [6, 6.07) is 7.05. The molecular formula is C16H22N2O2. The van der Waals surface area contributed by atoms with E-state index in [-0.39, 0.29) is 11.8 Å². The lowest BCUT2D eigenvalue weighted by Gasteiger charge is -2.18. The second kappa shape index (κ2) is 6.66. The molecule has 0 fully saturated rings. The number of imide groups is 1. The van der Waals surface area contributed by atoms with Crippen molar-refractivity contribution in [3.8, 4) is 0 Å². The van der Waals surface area contributed by atoms with Crippen LogP contribution in [0.5, 0.6) is 0 Å². The van der Waals surface area contributed by atoms with E-state index in [9.17, 15) is 9.59 Å². The fourth-order valence-electron chi connectivity index (χ4n) is 2.48. The van der Waals surface area contributed by atoms with Crippen LogP contribution in [-0.4, -0.2) is 48.3 Å². The van der Waals surface area contributed by atoms with Gasteiger partial charge >= 0.3 is 0 Å². The van der Waals surface area contributed by atoms with Gasteiger partial charge in [0.2, 0.25) is 0 Å². The Morgan fingerprint density at radius 1 is 1.00 bits per heavy atom. The van der Waals surface area contributed by atoms with E-state index in [1.807, 2.05) is 0 Å². The monoisotopic (exact) mass is 274 g/mol. The molecule has 1 aromatic rings. The molecule has 4 nitrogen and oxygen atoms in total. The number of unbranched alkanes of at least 4 members (excludes halogenated alkanes) is 1. The molecule has 0 aromatic heterocycles. The standard InChI is InChI=1S/C16H22N2O2/c1-3-4-10-17(2)11-7-12-18-15(19)13-8-5-6-9-14(13)16(18)20/h5-6,8-9H,3-4,7,10-12H2,1-2H3. The maximum Gasteiger partial charge on any atom is 0.261 e. The van der Waals surface area contributed by atoms with Crippen molar-refractivity contribution in [3.63, 3.8) is 0 Å². The fourth-order valence-corrected chi connectivity index (χ4v) is 2.48. The van der Waals surface area contributed by atoms with Crippen LogP contribution in [0.25, 0.3) is 0 Å². The van der Waals surface area contributed by atoms with E-state index >= 15 is 0 Å². The molecule has 0 radical (unpaired) electrons. The molecule has 2 amide bonds. The molecule has 1 heterocycles. The number of benzene rings is 1. The number of nitrogens with zero attached hydrogens (tertiary/aromatic N) is 2. The van der Waals surface area contributed by atoms with Crippen LogP contribution in [0.4, 0.5) is 0 Å². The first kappa shape index (κ1) is 14.7. The zero-order valence-corrected chi connectivity index (χ0v) is 12.3. The van der Waals surface area contributed by atoms with Crippen LogP contribution in [0, 0.1) is 0 Å². The number of fused-ring (bicyclic) bond motifs is 1. The first-order valence-corrected chi connectivity index (χ1v) is 7.29. The number of hydrogen-bond donors (Lipinski definition) is 0. The highest BCUT2D eigenvalue weighted by Gasteiger charge is 2.34. The van der Waals surface area contributed by atoms with Crippen LogP contribution in [-0.2, 0) is 0 Å². The van der Waals surface area contributed by atoms with Crippen LogP contribution < -0.4 is 0 Å². The summed E-state index contributed by atoms with van der Waals surface area (Å²) in [5.41, 5.74) is 1.08. The van der Waals surface area contributed by atoms with Gasteiger partial charge in [0, 0.05) is 6.54 Å². The summed E-state index contributed by atoms with van der Waals surface area (Å²) in [6.45, 7) is 4.65. The molecule has 4 heteroatoms. The molecule has 0 saturated heterocycles. The van der Waals surface area contributed by atoms with Crippen molar-refractivity contribution in [2.24, 2.45) is 0 Å². The van der Waals surface area contributed by atoms with E-state index in [0.717, 1.165) is 19.5 Å². The van der Waals surface area contributed by atoms with Gasteiger partial charge in [0.25, 0.3) is 11.8 Å². The summed E-state index contributed by atoms with van der Waals surface area (Å²) in [6.07, 6.45) is 3.19. The number of rotatable bonds is 7. The topological polar surface area (TPSA) is 40.6 Å². The molecule has 0 aliphatic carbocycles. The van der Waals surface area contributed by atoms with Gasteiger partial charge in [0.15, 0.2) is 0 Å². The smallest absolute Gasteiger partial charge is 0.261 e. The van der Waals surface area contributed by atoms with Gasteiger partial charge in [0.1, 0.15) is 0 Å². The highest BCUT2D eigenvalue weighted by molar-refractivity contribution is 6.21. The van der Waals surface area contributed by atoms with E-state index in [1.165, 1.54) is 17.7 Å². The van der Waals surface area contributed by atoms with Crippen molar-refractivity contribution in [2.75, 3.05) is 26.7 Å². The summed E-state index contributed by atoms with van der Waals surface area (Å²) in [7, 11) is 2.08. The normalized spacial score (nSPS) is 14.2. The Hall–Kier alpha value is -1.68. The summed E-state index contributed by atoms with van der Waals surface area (Å²) in [5, 5.41) is 0. The summed E-state index contributed by atoms with van der Waals surface area (Å²) in [5.74, 6) is -0.302. The van der Waals surface area contributed by atoms with E-state index in [2.05, 4.69) is 18.9 Å². The van der Waals surface area contributed by atoms with Gasteiger partial charge in [-0.05, 0) is 45.1 Å². The van der Waals surface area contributed by atoms with Crippen molar-refractivity contribution in [3.05, 3.63) is 35.4 Å². The summed E-state index contributed by atoms with van der Waals surface area (Å²) >= 11 is 0. The van der Waals surface area contributed by atoms with E-state index in [4.69, 9.17) is 0 Å². The number of carbonyl (C=O) groups excluding carboxylic acids is 2. The van der Waals surface area contributed by atoms with Crippen LogP contribution >= 0.6 is 0 Å². The third-order valence-electron chi connectivity index (χ3n) is 3.69. The molecule has 1 aliphatic rings. The van der Waals surface area contributed by atoms with Gasteiger partial charge in [-0.1, -0.05) is 25.5 Å². The molecule has 0 N–H and O–H groups in total. The average molecular weight is 274 g/mol. The molecule has 0 unspecified atom stereocenters. The van der Waals surface area contributed by atoms with E-state index < -0.39 is 0 Å². The quantitative estimate of drug-likeness (QED) is 0.717. The lowest BCUT2D eigenvalue weighted by Crippen LogP contribution is -2.33. The number of amides is 2. The summed E-state index contributed by atoms with van der Waals surface area (Å²) < 4.78 is 0. The van der Waals surface area contributed by atoms with E-state index in [0.29, 0.717) is 17.7 Å². The van der Waals surface area contributed by atoms with Crippen LogP contribution in [0.15, 0.2) is 24.3 Å². The SMILES string of the molecule is CCCCN(C)CCCN1C(=O)c2ccccc2C1=O. The molecule has 1 aliphatic heterocycles. The van der Waals surface area contributed by atoms with Crippen molar-refractivity contribution in [1.29, 1.82) is 0 Å². The van der Waals surface area contributed by atoms with Gasteiger partial charge in [-0.25, -0.2) is 0 Å². The zero-order chi connectivity index (χ0) is 14.5. The molecule has 0 saturated carbocycles. The minimum absolute atomic E-state index is 0.151. The molecule has 20 heavy (non-hydrogen) atoms. The highest BCUT2D eigenvalue weighted by atomic mass is 16.2. The Balaban J connectivity index is 1.86. The Morgan fingerprint density at radius 2 is 1.55 bits per heavy atom. The minimum Gasteiger partial charge on any atom is -0.306 e. The molecule has 1 aromatic carbocycles. The van der Waals surface area contributed by atoms with E-state index in [1.54, 1.807) is 24.3 Å². The number of hydrogen-bond acceptors (Lipinski definition) is 3. The molecule has 108 valence electrons. The van der Waals surface area contributed by atoms with Gasteiger partial charge in [-0.15, -0.1) is 0 Å². The molecule has 0 atom stereocenters. The lowest BCUT2D eigenvalue weighted by molar-refractivity contribution is 0.0648. The first-order valence-electron chi connectivity index (χ1n) is 7.29. The van der Waals surface area contributed by atoms with Crippen molar-refractivity contribution in [1.82, 2.24) is 9.80 Å². The van der Waals surface area contributed by atoms with Gasteiger partial charge in [-0.3, -0.25) is 14.5 Å². The second-order valence-electron chi connectivity index (χ2n) is 5.32. The highest BCUT2D eigenvalue weighted by Crippen LogP contribution is 2.22. The first-order chi connectivity index (χ1) is 9.65. The Morgan fingerprint density at radius 3 is 2.10 bits per heavy atom. The van der Waals surface area contributed by atoms with Gasteiger partial charge < -0.3 is 4.90 Å². The predicted molar refractivity (Wildman–Crippen MR) is 78.8 cm³/mol. The van der Waals surface area contributed by atoms with Crippen LogP contribution in [0.1, 0.15) is 46.9 Å². The Kier molecular flexibility index (Phi) is 4.90. The second-order valence-corrected chi connectivity index (χ2v) is 5.32. The maximum absolute atomic E-state index is 12.1. The van der Waals surface area contributed by atoms with Crippen LogP contribution in [0.3, 0.4) is 0 Å². The number of carbonyl (C=O) groups is 2. The largest absolute Gasteiger partial charge is 0.306 e. The Labute approximate surface area is 120 Å². The summed E-state index contributed by atoms with van der Waals surface area (Å²) in [4.78, 5) is 27.9. The molecular weight excluding hydrogens is 252 g/mol. The molecule has 2 rings (SSSR count). The van der Waals surface area contributed by atoms with Crippen molar-refractivity contribution < 1.29 is 9.59 Å². The van der Waals surface area contributed by atoms with Gasteiger partial charge in [-0.2, -0.15) is 0 Å². The zero-order valence-electron chi connectivity index (χ0n) is 12.3. The maximum atomic E-state index is 12.1. The molecule has 0 bridgehead atoms. The van der Waals surface area contributed by atoms with Crippen molar-refractivity contribution >= 4 is 11.8 Å². The third-order valence-corrected chi connectivity index (χ3v) is 3.69. The van der Waals surface area contributed by atoms with Crippen LogP contribution in [0.2, 0.25) is 0 Å².